The fraction of sp³-hybridized carbons (Fsp3) is 0.588. The van der Waals surface area contributed by atoms with Crippen molar-refractivity contribution in [1.29, 1.82) is 0 Å². The standard InChI is InChI=1S/C17H24N2O4S/c1-23-12-14-8-9-19(11-14)17(20)15-4-6-16(7-5-15)24(21,22)18-10-13-2-3-13/h4-7,13-14,18H,2-3,8-12H2,1H3/t14-/m0/s1. The van der Waals surface area contributed by atoms with Crippen LogP contribution < -0.4 is 4.72 Å². The first-order valence-electron chi connectivity index (χ1n) is 8.37. The third-order valence-corrected chi connectivity index (χ3v) is 6.09. The SMILES string of the molecule is COC[C@H]1CCN(C(=O)c2ccc(S(=O)(=O)NCC3CC3)cc2)C1. The minimum atomic E-state index is -3.48. The number of nitrogens with zero attached hydrogens (tertiary/aromatic N) is 1. The van der Waals surface area contributed by atoms with Crippen molar-refractivity contribution in [3.8, 4) is 0 Å². The number of carbonyl (C=O) groups excluding carboxylic acids is 1. The molecule has 1 aromatic rings. The van der Waals surface area contributed by atoms with Gasteiger partial charge in [-0.2, -0.15) is 0 Å². The summed E-state index contributed by atoms with van der Waals surface area (Å²) in [5, 5.41) is 0. The van der Waals surface area contributed by atoms with Gasteiger partial charge in [-0.3, -0.25) is 4.79 Å². The van der Waals surface area contributed by atoms with E-state index in [0.29, 0.717) is 37.1 Å². The van der Waals surface area contributed by atoms with Crippen LogP contribution in [0.15, 0.2) is 29.2 Å². The molecule has 0 radical (unpaired) electrons. The van der Waals surface area contributed by atoms with Crippen LogP contribution in [0, 0.1) is 11.8 Å². The number of nitrogens with one attached hydrogen (secondary N) is 1. The maximum atomic E-state index is 12.5. The minimum Gasteiger partial charge on any atom is -0.384 e. The van der Waals surface area contributed by atoms with Gasteiger partial charge in [0.2, 0.25) is 10.0 Å². The Morgan fingerprint density at radius 1 is 1.21 bits per heavy atom. The fourth-order valence-electron chi connectivity index (χ4n) is 2.98. The third-order valence-electron chi connectivity index (χ3n) is 4.65. The minimum absolute atomic E-state index is 0.0523. The molecule has 1 atom stereocenters. The largest absolute Gasteiger partial charge is 0.384 e. The number of benzene rings is 1. The van der Waals surface area contributed by atoms with E-state index in [1.54, 1.807) is 24.1 Å². The number of amides is 1. The molecule has 1 aliphatic heterocycles. The average Bonchev–Trinajstić information content (AvgIpc) is 3.30. The van der Waals surface area contributed by atoms with Gasteiger partial charge in [0.1, 0.15) is 0 Å². The third kappa shape index (κ3) is 4.15. The quantitative estimate of drug-likeness (QED) is 0.807. The molecule has 1 N–H and O–H groups in total. The maximum Gasteiger partial charge on any atom is 0.253 e. The predicted molar refractivity (Wildman–Crippen MR) is 90.2 cm³/mol. The first-order chi connectivity index (χ1) is 11.5. The number of carbonyl (C=O) groups is 1. The molecule has 2 aliphatic rings. The Morgan fingerprint density at radius 3 is 2.54 bits per heavy atom. The normalized spacial score (nSPS) is 21.2. The number of hydrogen-bond acceptors (Lipinski definition) is 4. The molecule has 1 aromatic carbocycles. The molecular formula is C17H24N2O4S. The topological polar surface area (TPSA) is 75.7 Å². The molecule has 3 rings (SSSR count). The second-order valence-corrected chi connectivity index (χ2v) is 8.45. The van der Waals surface area contributed by atoms with Gasteiger partial charge in [0, 0.05) is 38.2 Å². The van der Waals surface area contributed by atoms with Crippen LogP contribution in [0.3, 0.4) is 0 Å². The van der Waals surface area contributed by atoms with Crippen LogP contribution in [-0.2, 0) is 14.8 Å². The molecule has 1 aliphatic carbocycles. The molecule has 7 heteroatoms. The Morgan fingerprint density at radius 2 is 1.92 bits per heavy atom. The van der Waals surface area contributed by atoms with E-state index in [9.17, 15) is 13.2 Å². The zero-order chi connectivity index (χ0) is 17.2. The first kappa shape index (κ1) is 17.4. The maximum absolute atomic E-state index is 12.5. The Labute approximate surface area is 143 Å². The van der Waals surface area contributed by atoms with Gasteiger partial charge >= 0.3 is 0 Å². The molecule has 24 heavy (non-hydrogen) atoms. The summed E-state index contributed by atoms with van der Waals surface area (Å²) in [6, 6.07) is 6.20. The Kier molecular flexibility index (Phi) is 5.22. The number of likely N-dealkylation sites (tertiary alicyclic amines) is 1. The lowest BCUT2D eigenvalue weighted by Gasteiger charge is -2.16. The van der Waals surface area contributed by atoms with E-state index in [4.69, 9.17) is 4.74 Å². The lowest BCUT2D eigenvalue weighted by molar-refractivity contribution is 0.0775. The van der Waals surface area contributed by atoms with Crippen LogP contribution in [0.25, 0.3) is 0 Å². The predicted octanol–water partition coefficient (Wildman–Crippen LogP) is 1.48. The Bertz CT molecular complexity index is 683. The summed E-state index contributed by atoms with van der Waals surface area (Å²) in [6.07, 6.45) is 3.13. The van der Waals surface area contributed by atoms with E-state index in [0.717, 1.165) is 25.8 Å². The number of sulfonamides is 1. The van der Waals surface area contributed by atoms with Gasteiger partial charge in [-0.15, -0.1) is 0 Å². The summed E-state index contributed by atoms with van der Waals surface area (Å²) in [5.74, 6) is 0.810. The molecule has 0 bridgehead atoms. The average molecular weight is 352 g/mol. The highest BCUT2D eigenvalue weighted by atomic mass is 32.2. The smallest absolute Gasteiger partial charge is 0.253 e. The summed E-state index contributed by atoms with van der Waals surface area (Å²) < 4.78 is 32.2. The highest BCUT2D eigenvalue weighted by Gasteiger charge is 2.27. The van der Waals surface area contributed by atoms with Gasteiger partial charge in [-0.05, 0) is 49.4 Å². The Balaban J connectivity index is 1.62. The van der Waals surface area contributed by atoms with Crippen molar-refractivity contribution in [3.05, 3.63) is 29.8 Å². The second kappa shape index (κ2) is 7.21. The monoisotopic (exact) mass is 352 g/mol. The fourth-order valence-corrected chi connectivity index (χ4v) is 4.10. The lowest BCUT2D eigenvalue weighted by Crippen LogP contribution is -2.29. The molecule has 1 amide bonds. The molecule has 0 unspecified atom stereocenters. The molecule has 132 valence electrons. The molecule has 1 saturated heterocycles. The van der Waals surface area contributed by atoms with Crippen molar-refractivity contribution in [2.24, 2.45) is 11.8 Å². The zero-order valence-corrected chi connectivity index (χ0v) is 14.7. The van der Waals surface area contributed by atoms with Gasteiger partial charge in [-0.25, -0.2) is 13.1 Å². The van der Waals surface area contributed by atoms with Crippen molar-refractivity contribution in [2.45, 2.75) is 24.2 Å². The van der Waals surface area contributed by atoms with E-state index in [2.05, 4.69) is 4.72 Å². The second-order valence-electron chi connectivity index (χ2n) is 6.68. The van der Waals surface area contributed by atoms with Gasteiger partial charge in [-0.1, -0.05) is 0 Å². The van der Waals surface area contributed by atoms with Crippen LogP contribution >= 0.6 is 0 Å². The van der Waals surface area contributed by atoms with E-state index in [1.807, 2.05) is 0 Å². The number of hydrogen-bond donors (Lipinski definition) is 1. The summed E-state index contributed by atoms with van der Waals surface area (Å²) in [6.45, 7) is 2.57. The van der Waals surface area contributed by atoms with Gasteiger partial charge in [0.05, 0.1) is 11.5 Å². The Hall–Kier alpha value is -1.44. The van der Waals surface area contributed by atoms with Crippen LogP contribution in [-0.4, -0.2) is 52.6 Å². The molecular weight excluding hydrogens is 328 g/mol. The van der Waals surface area contributed by atoms with E-state index in [1.165, 1.54) is 12.1 Å². The number of rotatable bonds is 7. The van der Waals surface area contributed by atoms with Crippen molar-refractivity contribution in [2.75, 3.05) is 33.4 Å². The molecule has 0 aromatic heterocycles. The lowest BCUT2D eigenvalue weighted by atomic mass is 10.1. The summed E-state index contributed by atoms with van der Waals surface area (Å²) in [4.78, 5) is 14.5. The molecule has 2 fully saturated rings. The summed E-state index contributed by atoms with van der Waals surface area (Å²) >= 11 is 0. The molecule has 6 nitrogen and oxygen atoms in total. The van der Waals surface area contributed by atoms with Crippen LogP contribution in [0.2, 0.25) is 0 Å². The first-order valence-corrected chi connectivity index (χ1v) is 9.86. The summed E-state index contributed by atoms with van der Waals surface area (Å²) in [7, 11) is -1.82. The molecule has 0 spiro atoms. The van der Waals surface area contributed by atoms with Crippen molar-refractivity contribution in [3.63, 3.8) is 0 Å². The van der Waals surface area contributed by atoms with Crippen molar-refractivity contribution < 1.29 is 17.9 Å². The highest BCUT2D eigenvalue weighted by molar-refractivity contribution is 7.89. The van der Waals surface area contributed by atoms with Crippen LogP contribution in [0.4, 0.5) is 0 Å². The molecule has 1 heterocycles. The highest BCUT2D eigenvalue weighted by Crippen LogP contribution is 2.28. The zero-order valence-electron chi connectivity index (χ0n) is 13.9. The molecule has 1 saturated carbocycles. The van der Waals surface area contributed by atoms with E-state index < -0.39 is 10.0 Å². The van der Waals surface area contributed by atoms with Gasteiger partial charge in [0.15, 0.2) is 0 Å². The van der Waals surface area contributed by atoms with Gasteiger partial charge < -0.3 is 9.64 Å². The number of ether oxygens (including phenoxy) is 1. The van der Waals surface area contributed by atoms with E-state index in [-0.39, 0.29) is 10.8 Å². The van der Waals surface area contributed by atoms with E-state index >= 15 is 0 Å². The number of methoxy groups -OCH3 is 1. The van der Waals surface area contributed by atoms with Crippen molar-refractivity contribution in [1.82, 2.24) is 9.62 Å². The van der Waals surface area contributed by atoms with Crippen LogP contribution in [0.5, 0.6) is 0 Å². The van der Waals surface area contributed by atoms with Crippen LogP contribution in [0.1, 0.15) is 29.6 Å². The van der Waals surface area contributed by atoms with Gasteiger partial charge in [0.25, 0.3) is 5.91 Å². The van der Waals surface area contributed by atoms with Crippen molar-refractivity contribution >= 4 is 15.9 Å². The summed E-state index contributed by atoms with van der Waals surface area (Å²) in [5.41, 5.74) is 0.522.